The Kier molecular flexibility index (Phi) is 5.25. The minimum Gasteiger partial charge on any atom is -0.344 e. The number of nitrogens with zero attached hydrogens (tertiary/aromatic N) is 2. The molecule has 0 aliphatic carbocycles. The SMILES string of the molecule is CC(NC(=O)c1csc2cccnc12)c1cc2cccc(Cl)c2c(=O)n1-c1ccccc1. The van der Waals surface area contributed by atoms with Gasteiger partial charge >= 0.3 is 0 Å². The van der Waals surface area contributed by atoms with Crippen LogP contribution in [0.5, 0.6) is 0 Å². The molecule has 0 fully saturated rings. The Morgan fingerprint density at radius 3 is 2.72 bits per heavy atom. The third-order valence-corrected chi connectivity index (χ3v) is 6.66. The van der Waals surface area contributed by atoms with Gasteiger partial charge in [-0.25, -0.2) is 0 Å². The van der Waals surface area contributed by atoms with Crippen LogP contribution in [0, 0.1) is 0 Å². The van der Waals surface area contributed by atoms with Gasteiger partial charge in [-0.3, -0.25) is 19.1 Å². The van der Waals surface area contributed by atoms with Crippen LogP contribution in [-0.4, -0.2) is 15.5 Å². The summed E-state index contributed by atoms with van der Waals surface area (Å²) in [6, 6.07) is 20.0. The number of carbonyl (C=O) groups is 1. The fourth-order valence-corrected chi connectivity index (χ4v) is 5.03. The fourth-order valence-electron chi connectivity index (χ4n) is 3.88. The van der Waals surface area contributed by atoms with Gasteiger partial charge in [0.15, 0.2) is 0 Å². The third kappa shape index (κ3) is 3.47. The summed E-state index contributed by atoms with van der Waals surface area (Å²) >= 11 is 7.85. The average Bonchev–Trinajstić information content (AvgIpc) is 3.24. The maximum atomic E-state index is 13.5. The van der Waals surface area contributed by atoms with Crippen molar-refractivity contribution in [1.82, 2.24) is 14.9 Å². The average molecular weight is 460 g/mol. The molecular weight excluding hydrogens is 442 g/mol. The van der Waals surface area contributed by atoms with Crippen LogP contribution in [0.25, 0.3) is 26.7 Å². The van der Waals surface area contributed by atoms with E-state index in [1.54, 1.807) is 16.8 Å². The zero-order valence-electron chi connectivity index (χ0n) is 17.1. The largest absolute Gasteiger partial charge is 0.344 e. The lowest BCUT2D eigenvalue weighted by atomic mass is 10.1. The molecule has 7 heteroatoms. The van der Waals surface area contributed by atoms with Crippen LogP contribution in [0.15, 0.2) is 83.1 Å². The molecule has 1 unspecified atom stereocenters. The third-order valence-electron chi connectivity index (χ3n) is 5.40. The first kappa shape index (κ1) is 20.4. The number of rotatable bonds is 4. The molecule has 5 rings (SSSR count). The zero-order valence-corrected chi connectivity index (χ0v) is 18.7. The van der Waals surface area contributed by atoms with Crippen molar-refractivity contribution >= 4 is 49.8 Å². The van der Waals surface area contributed by atoms with Crippen LogP contribution >= 0.6 is 22.9 Å². The standard InChI is InChI=1S/C25H18ClN3O2S/c1-15(28-24(30)18-14-32-21-11-6-12-27-23(18)21)20-13-16-7-5-10-19(26)22(16)25(31)29(20)17-8-3-2-4-9-17/h2-15H,1H3,(H,28,30). The monoisotopic (exact) mass is 459 g/mol. The van der Waals surface area contributed by atoms with Gasteiger partial charge in [0.1, 0.15) is 0 Å². The second-order valence-electron chi connectivity index (χ2n) is 7.44. The molecule has 5 nitrogen and oxygen atoms in total. The summed E-state index contributed by atoms with van der Waals surface area (Å²) in [4.78, 5) is 31.0. The van der Waals surface area contributed by atoms with E-state index in [1.807, 2.05) is 73.0 Å². The van der Waals surface area contributed by atoms with Crippen molar-refractivity contribution in [3.8, 4) is 5.69 Å². The van der Waals surface area contributed by atoms with Crippen LogP contribution in [-0.2, 0) is 0 Å². The van der Waals surface area contributed by atoms with E-state index in [-0.39, 0.29) is 11.5 Å². The van der Waals surface area contributed by atoms with E-state index in [9.17, 15) is 9.59 Å². The fraction of sp³-hybridized carbons (Fsp3) is 0.0800. The summed E-state index contributed by atoms with van der Waals surface area (Å²) in [6.07, 6.45) is 1.68. The minimum absolute atomic E-state index is 0.224. The molecule has 0 saturated carbocycles. The van der Waals surface area contributed by atoms with Crippen LogP contribution in [0.3, 0.4) is 0 Å². The quantitative estimate of drug-likeness (QED) is 0.372. The number of aromatic nitrogens is 2. The molecule has 0 aliphatic heterocycles. The number of nitrogens with one attached hydrogen (secondary N) is 1. The molecule has 0 spiro atoms. The van der Waals surface area contributed by atoms with Crippen LogP contribution in [0.2, 0.25) is 5.02 Å². The Hall–Kier alpha value is -3.48. The number of thiophene rings is 1. The Labute approximate surface area is 192 Å². The van der Waals surface area contributed by atoms with Gasteiger partial charge in [0, 0.05) is 23.0 Å². The molecule has 32 heavy (non-hydrogen) atoms. The Morgan fingerprint density at radius 2 is 1.91 bits per heavy atom. The lowest BCUT2D eigenvalue weighted by Gasteiger charge is -2.21. The van der Waals surface area contributed by atoms with E-state index in [1.165, 1.54) is 11.3 Å². The Balaban J connectivity index is 1.62. The van der Waals surface area contributed by atoms with Crippen molar-refractivity contribution in [3.05, 3.63) is 105 Å². The highest BCUT2D eigenvalue weighted by molar-refractivity contribution is 7.17. The summed E-state index contributed by atoms with van der Waals surface area (Å²) in [5, 5.41) is 6.43. The first-order valence-electron chi connectivity index (χ1n) is 10.1. The number of halogens is 1. The van der Waals surface area contributed by atoms with Gasteiger partial charge in [-0.15, -0.1) is 11.3 Å². The number of benzene rings is 2. The number of hydrogen-bond donors (Lipinski definition) is 1. The predicted octanol–water partition coefficient (Wildman–Crippen LogP) is 5.74. The normalized spacial score (nSPS) is 12.2. The van der Waals surface area contributed by atoms with Crippen molar-refractivity contribution in [2.45, 2.75) is 13.0 Å². The van der Waals surface area contributed by atoms with Gasteiger partial charge in [-0.2, -0.15) is 0 Å². The molecule has 1 atom stereocenters. The first-order valence-corrected chi connectivity index (χ1v) is 11.3. The summed E-state index contributed by atoms with van der Waals surface area (Å²) < 4.78 is 2.57. The molecule has 0 radical (unpaired) electrons. The second kappa shape index (κ2) is 8.22. The Bertz CT molecular complexity index is 1530. The topological polar surface area (TPSA) is 64.0 Å². The second-order valence-corrected chi connectivity index (χ2v) is 8.76. The van der Waals surface area contributed by atoms with Crippen LogP contribution in [0.4, 0.5) is 0 Å². The minimum atomic E-state index is -0.447. The van der Waals surface area contributed by atoms with E-state index in [0.717, 1.165) is 10.1 Å². The van der Waals surface area contributed by atoms with Gasteiger partial charge in [0.2, 0.25) is 0 Å². The predicted molar refractivity (Wildman–Crippen MR) is 130 cm³/mol. The van der Waals surface area contributed by atoms with Crippen LogP contribution < -0.4 is 10.9 Å². The number of para-hydroxylation sites is 1. The maximum Gasteiger partial charge on any atom is 0.264 e. The highest BCUT2D eigenvalue weighted by Gasteiger charge is 2.21. The van der Waals surface area contributed by atoms with E-state index in [0.29, 0.717) is 32.9 Å². The van der Waals surface area contributed by atoms with E-state index >= 15 is 0 Å². The lowest BCUT2D eigenvalue weighted by molar-refractivity contribution is 0.0940. The molecule has 3 heterocycles. The first-order chi connectivity index (χ1) is 15.5. The highest BCUT2D eigenvalue weighted by Crippen LogP contribution is 2.27. The number of amides is 1. The molecule has 1 amide bonds. The molecule has 158 valence electrons. The summed E-state index contributed by atoms with van der Waals surface area (Å²) in [5.41, 5.74) is 2.34. The van der Waals surface area contributed by atoms with Crippen molar-refractivity contribution in [3.63, 3.8) is 0 Å². The number of pyridine rings is 2. The van der Waals surface area contributed by atoms with Crippen molar-refractivity contribution in [2.24, 2.45) is 0 Å². The van der Waals surface area contributed by atoms with Gasteiger partial charge in [0.25, 0.3) is 11.5 Å². The molecular formula is C25H18ClN3O2S. The summed E-state index contributed by atoms with van der Waals surface area (Å²) in [7, 11) is 0. The van der Waals surface area contributed by atoms with Gasteiger partial charge in [-0.05, 0) is 48.7 Å². The number of fused-ring (bicyclic) bond motifs is 2. The summed E-state index contributed by atoms with van der Waals surface area (Å²) in [5.74, 6) is -0.235. The Morgan fingerprint density at radius 1 is 1.09 bits per heavy atom. The zero-order chi connectivity index (χ0) is 22.2. The van der Waals surface area contributed by atoms with Crippen molar-refractivity contribution < 1.29 is 4.79 Å². The van der Waals surface area contributed by atoms with Gasteiger partial charge in [-0.1, -0.05) is 41.9 Å². The molecule has 5 aromatic rings. The van der Waals surface area contributed by atoms with Crippen LogP contribution in [0.1, 0.15) is 29.0 Å². The summed E-state index contributed by atoms with van der Waals surface area (Å²) in [6.45, 7) is 1.87. The number of hydrogen-bond acceptors (Lipinski definition) is 4. The highest BCUT2D eigenvalue weighted by atomic mass is 35.5. The van der Waals surface area contributed by atoms with Gasteiger partial charge < -0.3 is 5.32 Å². The number of carbonyl (C=O) groups excluding carboxylic acids is 1. The molecule has 3 aromatic heterocycles. The molecule has 0 saturated heterocycles. The lowest BCUT2D eigenvalue weighted by Crippen LogP contribution is -2.32. The molecule has 2 aromatic carbocycles. The van der Waals surface area contributed by atoms with Crippen molar-refractivity contribution in [1.29, 1.82) is 0 Å². The molecule has 0 bridgehead atoms. The molecule has 0 aliphatic rings. The van der Waals surface area contributed by atoms with E-state index in [4.69, 9.17) is 11.6 Å². The maximum absolute atomic E-state index is 13.5. The van der Waals surface area contributed by atoms with Crippen molar-refractivity contribution in [2.75, 3.05) is 0 Å². The molecule has 1 N–H and O–H groups in total. The van der Waals surface area contributed by atoms with E-state index in [2.05, 4.69) is 10.3 Å². The smallest absolute Gasteiger partial charge is 0.264 e. The van der Waals surface area contributed by atoms with E-state index < -0.39 is 6.04 Å². The van der Waals surface area contributed by atoms with Gasteiger partial charge in [0.05, 0.1) is 32.2 Å².